The molecular formula is C70H90N6O14. The first-order chi connectivity index (χ1) is 43.0. The van der Waals surface area contributed by atoms with Gasteiger partial charge in [0.05, 0.1) is 31.8 Å². The summed E-state index contributed by atoms with van der Waals surface area (Å²) in [6, 6.07) is 25.3. The van der Waals surface area contributed by atoms with Crippen LogP contribution in [0.15, 0.2) is 115 Å². The molecule has 0 saturated carbocycles. The van der Waals surface area contributed by atoms with Gasteiger partial charge in [-0.25, -0.2) is 4.79 Å². The van der Waals surface area contributed by atoms with Gasteiger partial charge in [-0.2, -0.15) is 0 Å². The van der Waals surface area contributed by atoms with Gasteiger partial charge in [0, 0.05) is 72.5 Å². The van der Waals surface area contributed by atoms with E-state index in [1.54, 1.807) is 82.9 Å². The summed E-state index contributed by atoms with van der Waals surface area (Å²) in [5.41, 5.74) is 1.82. The topological polar surface area (TPSA) is 239 Å². The molecule has 7 atom stereocenters. The molecule has 90 heavy (non-hydrogen) atoms. The van der Waals surface area contributed by atoms with E-state index in [1.807, 2.05) is 62.4 Å². The molecule has 2 unspecified atom stereocenters. The Labute approximate surface area is 529 Å². The molecule has 4 aromatic rings. The van der Waals surface area contributed by atoms with Crippen LogP contribution >= 0.6 is 0 Å². The predicted octanol–water partition coefficient (Wildman–Crippen LogP) is 7.33. The largest absolute Gasteiger partial charge is 0.493 e. The molecule has 2 bridgehead atoms. The van der Waals surface area contributed by atoms with Gasteiger partial charge >= 0.3 is 5.97 Å². The van der Waals surface area contributed by atoms with Crippen LogP contribution in [-0.2, 0) is 71.9 Å². The lowest BCUT2D eigenvalue weighted by atomic mass is 9.87. The number of carbonyl (C=O) groups excluding carboxylic acids is 9. The van der Waals surface area contributed by atoms with Crippen LogP contribution in [0.4, 0.5) is 0 Å². The number of nitrogens with zero attached hydrogens (tertiary/aromatic N) is 5. The number of Topliss-reactive ketones (excluding diaryl/α,β-unsaturated/α-hetero) is 2. The van der Waals surface area contributed by atoms with Crippen molar-refractivity contribution in [3.05, 3.63) is 143 Å². The number of esters is 1. The average molecular weight is 1240 g/mol. The number of hydrogen-bond donors (Lipinski definition) is 2. The number of fused-ring (bicyclic) bond motifs is 4. The fraction of sp³-hybridized carbons (Fsp3) is 0.500. The number of cyclic esters (lactones) is 1. The lowest BCUT2D eigenvalue weighted by molar-refractivity contribution is -0.188. The van der Waals surface area contributed by atoms with E-state index in [0.29, 0.717) is 79.6 Å². The number of amides is 6. The number of carbonyl (C=O) groups is 9. The van der Waals surface area contributed by atoms with Crippen molar-refractivity contribution in [3.63, 3.8) is 0 Å². The molecule has 20 nitrogen and oxygen atoms in total. The van der Waals surface area contributed by atoms with Crippen LogP contribution in [0.1, 0.15) is 132 Å². The summed E-state index contributed by atoms with van der Waals surface area (Å²) in [5, 5.41) is 15.0. The van der Waals surface area contributed by atoms with Gasteiger partial charge in [0.15, 0.2) is 17.8 Å². The number of aliphatic hydroxyl groups is 1. The van der Waals surface area contributed by atoms with Crippen LogP contribution in [0, 0.1) is 11.3 Å². The number of rotatable bonds is 10. The summed E-state index contributed by atoms with van der Waals surface area (Å²) in [5.74, 6) is -4.11. The first kappa shape index (κ1) is 69.2. The van der Waals surface area contributed by atoms with Crippen molar-refractivity contribution in [2.75, 3.05) is 61.6 Å². The Morgan fingerprint density at radius 3 is 2.06 bits per heavy atom. The second-order valence-electron chi connectivity index (χ2n) is 24.9. The third-order valence-electron chi connectivity index (χ3n) is 17.3. The Kier molecular flexibility index (Phi) is 25.0. The van der Waals surface area contributed by atoms with E-state index in [1.165, 1.54) is 57.5 Å². The SMILES string of the molecule is COc1ccc(CC[C@H]2OC(O)C3CCCCN3C(=O)C(=O)C(C)(C)COC(=O)C=CCCN(C)C(=O)[C@H](CC(C)C)N(C)C(=O)[C@H]3CCCN3C(=O)[C@H](Cc3ccccc3)N(C)C(=O)[C@H](c3ccccc3)NC(=O)CCC(=O)Cc3cccc2c3)cc1OC. The average Bonchev–Trinajstić information content (AvgIpc) is 1.52. The molecule has 484 valence electrons. The van der Waals surface area contributed by atoms with E-state index in [2.05, 4.69) is 5.32 Å². The van der Waals surface area contributed by atoms with Crippen LogP contribution in [0.25, 0.3) is 0 Å². The zero-order valence-corrected chi connectivity index (χ0v) is 53.6. The Balaban J connectivity index is 1.20. The highest BCUT2D eigenvalue weighted by Crippen LogP contribution is 2.34. The Hall–Kier alpha value is -8.23. The molecule has 20 heteroatoms. The number of likely N-dealkylation sites (N-methyl/N-ethyl adjacent to an activating group) is 3. The van der Waals surface area contributed by atoms with Gasteiger partial charge in [0.25, 0.3) is 5.91 Å². The Bertz CT molecular complexity index is 3190. The number of aryl methyl sites for hydroxylation is 1. The van der Waals surface area contributed by atoms with E-state index in [9.17, 15) is 38.7 Å². The van der Waals surface area contributed by atoms with Gasteiger partial charge in [-0.1, -0.05) is 111 Å². The zero-order valence-electron chi connectivity index (χ0n) is 53.6. The van der Waals surface area contributed by atoms with Crippen molar-refractivity contribution in [1.82, 2.24) is 29.8 Å². The summed E-state index contributed by atoms with van der Waals surface area (Å²) >= 11 is 0. The van der Waals surface area contributed by atoms with E-state index in [4.69, 9.17) is 18.9 Å². The Morgan fingerprint density at radius 1 is 0.678 bits per heavy atom. The van der Waals surface area contributed by atoms with E-state index >= 15 is 9.59 Å². The lowest BCUT2D eigenvalue weighted by Crippen LogP contribution is -2.58. The van der Waals surface area contributed by atoms with Crippen molar-refractivity contribution < 1.29 is 67.2 Å². The molecule has 0 aromatic heterocycles. The van der Waals surface area contributed by atoms with Gasteiger partial charge in [-0.05, 0) is 118 Å². The number of ether oxygens (including phenoxy) is 4. The molecule has 2 saturated heterocycles. The molecular weight excluding hydrogens is 1150 g/mol. The number of hydrogen-bond acceptors (Lipinski definition) is 14. The molecule has 0 spiro atoms. The maximum atomic E-state index is 15.2. The number of ketones is 2. The minimum Gasteiger partial charge on any atom is -0.493 e. The molecule has 2 N–H and O–H groups in total. The first-order valence-electron chi connectivity index (χ1n) is 31.3. The molecule has 3 aliphatic heterocycles. The Morgan fingerprint density at radius 2 is 1.36 bits per heavy atom. The highest BCUT2D eigenvalue weighted by molar-refractivity contribution is 6.38. The third-order valence-corrected chi connectivity index (χ3v) is 17.3. The van der Waals surface area contributed by atoms with Crippen molar-refractivity contribution in [1.29, 1.82) is 0 Å². The van der Waals surface area contributed by atoms with Gasteiger partial charge < -0.3 is 53.9 Å². The highest BCUT2D eigenvalue weighted by atomic mass is 16.6. The maximum absolute atomic E-state index is 15.2. The highest BCUT2D eigenvalue weighted by Gasteiger charge is 2.45. The second-order valence-corrected chi connectivity index (χ2v) is 24.9. The standard InChI is InChI=1S/C70H90N6O14/c1-46(2)40-55-64(81)72(5)37-18-17-30-61(79)89-45-70(3,4)63(80)68(85)76-38-19-16-28-54(76)69(86)90-57(34-31-48-32-35-58(87-8)59(44-48)88-9)51-27-20-24-49(41-51)42-52(77)33-36-60(78)71-62(50-25-14-11-15-26-50)67(84)74(7)56(43-47-22-12-10-13-23-47)66(83)75-39-21-29-53(75)65(82)73(55)6/h10-15,17,20,22-27,30,32,35,41,44,46,53-57,62,69,86H,16,18-19,21,28-29,31,33-34,36-40,42-43,45H2,1-9H3,(H,71,78)/t53-,54?,55+,56+,57-,62+,69?/m1/s1. The summed E-state index contributed by atoms with van der Waals surface area (Å²) in [6.45, 7) is 7.01. The van der Waals surface area contributed by atoms with Gasteiger partial charge in [0.2, 0.25) is 35.3 Å². The number of piperidine rings is 1. The summed E-state index contributed by atoms with van der Waals surface area (Å²) in [4.78, 5) is 136. The summed E-state index contributed by atoms with van der Waals surface area (Å²) in [7, 11) is 7.76. The number of methoxy groups -OCH3 is 2. The van der Waals surface area contributed by atoms with E-state index in [0.717, 1.165) is 11.1 Å². The lowest BCUT2D eigenvalue weighted by Gasteiger charge is -2.40. The molecule has 3 aliphatic rings. The second kappa shape index (κ2) is 32.5. The van der Waals surface area contributed by atoms with Crippen LogP contribution in [0.2, 0.25) is 0 Å². The number of nitrogens with one attached hydrogen (secondary N) is 1. The molecule has 6 amide bonds. The smallest absolute Gasteiger partial charge is 0.330 e. The van der Waals surface area contributed by atoms with Gasteiger partial charge in [-0.3, -0.25) is 38.4 Å². The van der Waals surface area contributed by atoms with Crippen molar-refractivity contribution in [2.45, 2.75) is 154 Å². The summed E-state index contributed by atoms with van der Waals surface area (Å²) < 4.78 is 23.1. The van der Waals surface area contributed by atoms with Crippen LogP contribution in [-0.4, -0.2) is 175 Å². The minimum absolute atomic E-state index is 0.0196. The third kappa shape index (κ3) is 18.2. The minimum atomic E-state index is -1.57. The van der Waals surface area contributed by atoms with Crippen LogP contribution < -0.4 is 14.8 Å². The van der Waals surface area contributed by atoms with Crippen molar-refractivity contribution in [3.8, 4) is 11.5 Å². The van der Waals surface area contributed by atoms with Crippen LogP contribution in [0.5, 0.6) is 11.5 Å². The molecule has 0 aliphatic carbocycles. The molecule has 7 rings (SSSR count). The molecule has 4 aromatic carbocycles. The first-order valence-corrected chi connectivity index (χ1v) is 31.3. The van der Waals surface area contributed by atoms with Gasteiger partial charge in [-0.15, -0.1) is 0 Å². The number of benzene rings is 4. The van der Waals surface area contributed by atoms with Crippen molar-refractivity contribution in [2.24, 2.45) is 11.3 Å². The molecule has 0 radical (unpaired) electrons. The maximum Gasteiger partial charge on any atom is 0.330 e. The van der Waals surface area contributed by atoms with Crippen molar-refractivity contribution >= 4 is 53.0 Å². The fourth-order valence-electron chi connectivity index (χ4n) is 12.0. The zero-order chi connectivity index (χ0) is 65.2. The molecule has 3 heterocycles. The normalized spacial score (nSPS) is 24.0. The van der Waals surface area contributed by atoms with E-state index < -0.39 is 95.9 Å². The van der Waals surface area contributed by atoms with E-state index in [-0.39, 0.29) is 69.3 Å². The van der Waals surface area contributed by atoms with Crippen LogP contribution in [0.3, 0.4) is 0 Å². The summed E-state index contributed by atoms with van der Waals surface area (Å²) in [6.07, 6.45) is 3.52. The molecule has 2 fully saturated rings. The fourth-order valence-corrected chi connectivity index (χ4v) is 12.0. The monoisotopic (exact) mass is 1240 g/mol. The quantitative estimate of drug-likeness (QED) is 0.117. The van der Waals surface area contributed by atoms with Gasteiger partial charge in [0.1, 0.15) is 36.6 Å². The predicted molar refractivity (Wildman–Crippen MR) is 337 cm³/mol. The number of aliphatic hydroxyl groups excluding tert-OH is 1.